The Kier molecular flexibility index (Phi) is 5.26. The summed E-state index contributed by atoms with van der Waals surface area (Å²) in [4.78, 5) is 42.0. The highest BCUT2D eigenvalue weighted by Crippen LogP contribution is 2.34. The number of aromatic carboxylic acids is 3. The van der Waals surface area contributed by atoms with Crippen LogP contribution < -0.4 is 0 Å². The van der Waals surface area contributed by atoms with Crippen LogP contribution in [0.1, 0.15) is 31.1 Å². The smallest absolute Gasteiger partial charge is 0.335 e. The average molecular weight is 428 g/mol. The fourth-order valence-electron chi connectivity index (χ4n) is 3.33. The molecule has 0 radical (unpaired) electrons. The molecule has 3 aromatic carbocycles. The first-order valence-corrected chi connectivity index (χ1v) is 9.44. The third-order valence-corrected chi connectivity index (χ3v) is 4.87. The van der Waals surface area contributed by atoms with Crippen LogP contribution >= 0.6 is 0 Å². The highest BCUT2D eigenvalue weighted by Gasteiger charge is 2.18. The number of hydrogen-bond donors (Lipinski definition) is 4. The predicted octanol–water partition coefficient (Wildman–Crippen LogP) is 4.51. The lowest BCUT2D eigenvalue weighted by molar-refractivity contribution is 0.0686. The van der Waals surface area contributed by atoms with Gasteiger partial charge in [-0.2, -0.15) is 0 Å². The Bertz CT molecular complexity index is 1300. The molecule has 158 valence electrons. The Morgan fingerprint density at radius 1 is 0.625 bits per heavy atom. The standard InChI is InChI=1S/C24H16N2O6/c27-22(28)16-7-1-4-13(10-16)19-20(14-5-2-8-17(11-14)23(29)30)26-21(25-19)15-6-3-9-18(12-15)24(31)32/h1-12H,(H,25,26)(H,27,28)(H,29,30)(H,31,32). The minimum atomic E-state index is -1.09. The van der Waals surface area contributed by atoms with Crippen LogP contribution in [0, 0.1) is 0 Å². The molecule has 4 N–H and O–H groups in total. The predicted molar refractivity (Wildman–Crippen MR) is 116 cm³/mol. The van der Waals surface area contributed by atoms with Gasteiger partial charge in [0, 0.05) is 16.7 Å². The van der Waals surface area contributed by atoms with Gasteiger partial charge in [-0.05, 0) is 36.4 Å². The van der Waals surface area contributed by atoms with E-state index in [0.29, 0.717) is 33.9 Å². The van der Waals surface area contributed by atoms with Gasteiger partial charge in [-0.3, -0.25) is 0 Å². The van der Waals surface area contributed by atoms with Crippen LogP contribution in [-0.4, -0.2) is 43.2 Å². The second kappa shape index (κ2) is 8.19. The summed E-state index contributed by atoms with van der Waals surface area (Å²) in [5.41, 5.74) is 2.69. The van der Waals surface area contributed by atoms with Crippen LogP contribution in [-0.2, 0) is 0 Å². The van der Waals surface area contributed by atoms with E-state index >= 15 is 0 Å². The Morgan fingerprint density at radius 2 is 1.06 bits per heavy atom. The first kappa shape index (κ1) is 20.5. The molecule has 0 unspecified atom stereocenters. The van der Waals surface area contributed by atoms with Crippen molar-refractivity contribution in [3.8, 4) is 33.9 Å². The SMILES string of the molecule is O=C(O)c1cccc(-c2nc(-c3cccc(C(=O)O)c3)c(-c3cccc(C(=O)O)c3)[nH]2)c1. The first-order valence-electron chi connectivity index (χ1n) is 9.44. The van der Waals surface area contributed by atoms with Crippen molar-refractivity contribution in [2.75, 3.05) is 0 Å². The first-order chi connectivity index (χ1) is 15.3. The topological polar surface area (TPSA) is 141 Å². The van der Waals surface area contributed by atoms with Crippen LogP contribution in [0.5, 0.6) is 0 Å². The minimum Gasteiger partial charge on any atom is -0.478 e. The summed E-state index contributed by atoms with van der Waals surface area (Å²) < 4.78 is 0. The molecular formula is C24H16N2O6. The number of rotatable bonds is 6. The van der Waals surface area contributed by atoms with Crippen molar-refractivity contribution in [2.24, 2.45) is 0 Å². The summed E-state index contributed by atoms with van der Waals surface area (Å²) in [5, 5.41) is 28.0. The van der Waals surface area contributed by atoms with E-state index in [9.17, 15) is 29.7 Å². The van der Waals surface area contributed by atoms with E-state index in [1.165, 1.54) is 36.4 Å². The van der Waals surface area contributed by atoms with Crippen LogP contribution in [0.3, 0.4) is 0 Å². The third-order valence-electron chi connectivity index (χ3n) is 4.87. The molecule has 0 bridgehead atoms. The van der Waals surface area contributed by atoms with Crippen molar-refractivity contribution in [3.63, 3.8) is 0 Å². The van der Waals surface area contributed by atoms with Crippen LogP contribution in [0.15, 0.2) is 72.8 Å². The second-order valence-corrected chi connectivity index (χ2v) is 6.97. The zero-order valence-corrected chi connectivity index (χ0v) is 16.4. The van der Waals surface area contributed by atoms with E-state index in [0.717, 1.165) is 0 Å². The maximum absolute atomic E-state index is 11.4. The second-order valence-electron chi connectivity index (χ2n) is 6.97. The number of aromatic nitrogens is 2. The molecule has 8 heteroatoms. The number of H-pyrrole nitrogens is 1. The molecule has 0 aliphatic heterocycles. The molecule has 0 aliphatic carbocycles. The molecule has 0 saturated heterocycles. The lowest BCUT2D eigenvalue weighted by atomic mass is 10.0. The molecule has 0 saturated carbocycles. The Hall–Kier alpha value is -4.72. The molecule has 0 fully saturated rings. The summed E-state index contributed by atoms with van der Waals surface area (Å²) in [6, 6.07) is 18.7. The number of carboxylic acid groups (broad SMARTS) is 3. The van der Waals surface area contributed by atoms with Gasteiger partial charge in [0.25, 0.3) is 0 Å². The van der Waals surface area contributed by atoms with E-state index in [1.807, 2.05) is 0 Å². The minimum absolute atomic E-state index is 0.0742. The fourth-order valence-corrected chi connectivity index (χ4v) is 3.33. The lowest BCUT2D eigenvalue weighted by Crippen LogP contribution is -1.97. The molecule has 0 amide bonds. The largest absolute Gasteiger partial charge is 0.478 e. The van der Waals surface area contributed by atoms with Gasteiger partial charge in [0.05, 0.1) is 28.1 Å². The lowest BCUT2D eigenvalue weighted by Gasteiger charge is -2.05. The third kappa shape index (κ3) is 3.97. The van der Waals surface area contributed by atoms with Crippen molar-refractivity contribution in [2.45, 2.75) is 0 Å². The van der Waals surface area contributed by atoms with Gasteiger partial charge in [-0.15, -0.1) is 0 Å². The van der Waals surface area contributed by atoms with Crippen molar-refractivity contribution in [3.05, 3.63) is 89.5 Å². The Morgan fingerprint density at radius 3 is 1.59 bits per heavy atom. The van der Waals surface area contributed by atoms with Gasteiger partial charge in [0.1, 0.15) is 5.82 Å². The molecular weight excluding hydrogens is 412 g/mol. The van der Waals surface area contributed by atoms with E-state index in [4.69, 9.17) is 0 Å². The summed E-state index contributed by atoms with van der Waals surface area (Å²) >= 11 is 0. The quantitative estimate of drug-likeness (QED) is 0.354. The maximum Gasteiger partial charge on any atom is 0.335 e. The summed E-state index contributed by atoms with van der Waals surface area (Å²) in [5.74, 6) is -2.90. The normalized spacial score (nSPS) is 10.6. The maximum atomic E-state index is 11.4. The fraction of sp³-hybridized carbons (Fsp3) is 0. The molecule has 1 aromatic heterocycles. The molecule has 1 heterocycles. The molecule has 32 heavy (non-hydrogen) atoms. The van der Waals surface area contributed by atoms with Gasteiger partial charge < -0.3 is 20.3 Å². The van der Waals surface area contributed by atoms with Gasteiger partial charge in [0.15, 0.2) is 0 Å². The van der Waals surface area contributed by atoms with E-state index in [-0.39, 0.29) is 16.7 Å². The van der Waals surface area contributed by atoms with Crippen molar-refractivity contribution >= 4 is 17.9 Å². The molecule has 0 spiro atoms. The Balaban J connectivity index is 1.93. The van der Waals surface area contributed by atoms with Crippen molar-refractivity contribution in [1.82, 2.24) is 9.97 Å². The van der Waals surface area contributed by atoms with Crippen LogP contribution in [0.2, 0.25) is 0 Å². The monoisotopic (exact) mass is 428 g/mol. The zero-order chi connectivity index (χ0) is 22.8. The van der Waals surface area contributed by atoms with Crippen molar-refractivity contribution < 1.29 is 29.7 Å². The zero-order valence-electron chi connectivity index (χ0n) is 16.4. The summed E-state index contributed by atoms with van der Waals surface area (Å²) in [7, 11) is 0. The molecule has 4 aromatic rings. The summed E-state index contributed by atoms with van der Waals surface area (Å²) in [6.45, 7) is 0. The number of aromatic amines is 1. The Labute approximate surface area is 181 Å². The molecule has 8 nitrogen and oxygen atoms in total. The highest BCUT2D eigenvalue weighted by atomic mass is 16.4. The van der Waals surface area contributed by atoms with E-state index in [2.05, 4.69) is 9.97 Å². The molecule has 4 rings (SSSR count). The average Bonchev–Trinajstić information content (AvgIpc) is 3.25. The van der Waals surface area contributed by atoms with Gasteiger partial charge in [-0.1, -0.05) is 36.4 Å². The number of nitrogens with one attached hydrogen (secondary N) is 1. The number of benzene rings is 3. The van der Waals surface area contributed by atoms with Crippen LogP contribution in [0.25, 0.3) is 33.9 Å². The number of carbonyl (C=O) groups is 3. The number of hydrogen-bond acceptors (Lipinski definition) is 4. The van der Waals surface area contributed by atoms with E-state index in [1.54, 1.807) is 36.4 Å². The van der Waals surface area contributed by atoms with Crippen molar-refractivity contribution in [1.29, 1.82) is 0 Å². The van der Waals surface area contributed by atoms with Gasteiger partial charge in [0.2, 0.25) is 0 Å². The molecule has 0 aliphatic rings. The highest BCUT2D eigenvalue weighted by molar-refractivity contribution is 5.93. The molecule has 0 atom stereocenters. The summed E-state index contributed by atoms with van der Waals surface area (Å²) in [6.07, 6.45) is 0. The van der Waals surface area contributed by atoms with Gasteiger partial charge >= 0.3 is 17.9 Å². The van der Waals surface area contributed by atoms with Crippen LogP contribution in [0.4, 0.5) is 0 Å². The van der Waals surface area contributed by atoms with E-state index < -0.39 is 17.9 Å². The van der Waals surface area contributed by atoms with Gasteiger partial charge in [-0.25, -0.2) is 19.4 Å². The number of imidazole rings is 1. The number of carboxylic acids is 3. The number of nitrogens with zero attached hydrogens (tertiary/aromatic N) is 1.